The summed E-state index contributed by atoms with van der Waals surface area (Å²) in [5, 5.41) is 5.49. The van der Waals surface area contributed by atoms with E-state index in [0.29, 0.717) is 19.6 Å². The van der Waals surface area contributed by atoms with Crippen LogP contribution in [0.3, 0.4) is 0 Å². The lowest BCUT2D eigenvalue weighted by Gasteiger charge is -2.20. The Morgan fingerprint density at radius 1 is 1.32 bits per heavy atom. The average molecular weight is 273 g/mol. The maximum Gasteiger partial charge on any atom is 0.236 e. The summed E-state index contributed by atoms with van der Waals surface area (Å²) in [5.41, 5.74) is 5.46. The Hall–Kier alpha value is -1.14. The van der Waals surface area contributed by atoms with E-state index >= 15 is 0 Å². The summed E-state index contributed by atoms with van der Waals surface area (Å²) < 4.78 is 4.89. The summed E-state index contributed by atoms with van der Waals surface area (Å²) in [7, 11) is 1.61. The van der Waals surface area contributed by atoms with Gasteiger partial charge in [-0.2, -0.15) is 0 Å². The van der Waals surface area contributed by atoms with E-state index in [4.69, 9.17) is 10.5 Å². The van der Waals surface area contributed by atoms with E-state index in [0.717, 1.165) is 6.42 Å². The fraction of sp³-hybridized carbons (Fsp3) is 0.846. The highest BCUT2D eigenvalue weighted by Crippen LogP contribution is 1.99. The van der Waals surface area contributed by atoms with Gasteiger partial charge in [0.25, 0.3) is 0 Å². The second kappa shape index (κ2) is 8.87. The highest BCUT2D eigenvalue weighted by molar-refractivity contribution is 5.82. The number of nitrogens with two attached hydrogens (primary N) is 1. The zero-order chi connectivity index (χ0) is 14.9. The number of amides is 2. The van der Waals surface area contributed by atoms with Crippen LogP contribution in [0.5, 0.6) is 0 Å². The number of ether oxygens (including phenoxy) is 1. The van der Waals surface area contributed by atoms with Crippen molar-refractivity contribution in [3.8, 4) is 0 Å². The molecule has 0 aromatic heterocycles. The first-order valence-electron chi connectivity index (χ1n) is 6.59. The molecule has 1 atom stereocenters. The van der Waals surface area contributed by atoms with Crippen molar-refractivity contribution in [3.05, 3.63) is 0 Å². The number of rotatable bonds is 8. The number of hydrogen-bond acceptors (Lipinski definition) is 4. The van der Waals surface area contributed by atoms with Crippen LogP contribution in [0.25, 0.3) is 0 Å². The topological polar surface area (TPSA) is 93.4 Å². The molecule has 0 saturated carbocycles. The molecule has 6 nitrogen and oxygen atoms in total. The first-order chi connectivity index (χ1) is 8.76. The van der Waals surface area contributed by atoms with Gasteiger partial charge in [0.05, 0.1) is 6.04 Å². The van der Waals surface area contributed by atoms with E-state index in [1.54, 1.807) is 7.11 Å². The largest absolute Gasteiger partial charge is 0.385 e. The van der Waals surface area contributed by atoms with Crippen LogP contribution in [0.15, 0.2) is 0 Å². The molecular formula is C13H27N3O3. The molecule has 0 spiro atoms. The SMILES string of the molecule is COCCCC(N)C(=O)NCCC(=O)NC(C)(C)C. The summed E-state index contributed by atoms with van der Waals surface area (Å²) in [5.74, 6) is -0.305. The van der Waals surface area contributed by atoms with E-state index in [9.17, 15) is 9.59 Å². The molecule has 2 amide bonds. The fourth-order valence-electron chi connectivity index (χ4n) is 1.49. The second-order valence-electron chi connectivity index (χ2n) is 5.58. The van der Waals surface area contributed by atoms with Crippen LogP contribution in [0, 0.1) is 0 Å². The van der Waals surface area contributed by atoms with E-state index in [1.165, 1.54) is 0 Å². The summed E-state index contributed by atoms with van der Waals surface area (Å²) in [4.78, 5) is 23.1. The molecule has 1 unspecified atom stereocenters. The van der Waals surface area contributed by atoms with Gasteiger partial charge in [0.15, 0.2) is 0 Å². The van der Waals surface area contributed by atoms with Crippen molar-refractivity contribution in [1.29, 1.82) is 0 Å². The minimum atomic E-state index is -0.541. The molecule has 0 rings (SSSR count). The van der Waals surface area contributed by atoms with Gasteiger partial charge in [0, 0.05) is 32.2 Å². The highest BCUT2D eigenvalue weighted by atomic mass is 16.5. The number of hydrogen-bond donors (Lipinski definition) is 3. The number of methoxy groups -OCH3 is 1. The predicted molar refractivity (Wildman–Crippen MR) is 74.6 cm³/mol. The minimum absolute atomic E-state index is 0.0826. The van der Waals surface area contributed by atoms with Gasteiger partial charge in [-0.15, -0.1) is 0 Å². The molecule has 19 heavy (non-hydrogen) atoms. The first-order valence-corrected chi connectivity index (χ1v) is 6.59. The van der Waals surface area contributed by atoms with Crippen molar-refractivity contribution in [2.45, 2.75) is 51.6 Å². The summed E-state index contributed by atoms with van der Waals surface area (Å²) in [6.07, 6.45) is 1.58. The van der Waals surface area contributed by atoms with Gasteiger partial charge in [-0.1, -0.05) is 0 Å². The zero-order valence-corrected chi connectivity index (χ0v) is 12.4. The maximum atomic E-state index is 11.6. The Labute approximate surface area is 115 Å². The summed E-state index contributed by atoms with van der Waals surface area (Å²) in [6.45, 7) is 6.63. The molecule has 0 saturated heterocycles. The molecule has 0 radical (unpaired) electrons. The van der Waals surface area contributed by atoms with Crippen LogP contribution >= 0.6 is 0 Å². The van der Waals surface area contributed by atoms with Gasteiger partial charge in [0.1, 0.15) is 0 Å². The first kappa shape index (κ1) is 17.9. The van der Waals surface area contributed by atoms with Crippen LogP contribution in [0.4, 0.5) is 0 Å². The monoisotopic (exact) mass is 273 g/mol. The predicted octanol–water partition coefficient (Wildman–Crippen LogP) is 0.161. The molecule has 0 aromatic rings. The molecule has 0 aliphatic rings. The third-order valence-electron chi connectivity index (χ3n) is 2.37. The molecule has 0 aliphatic carbocycles. The Kier molecular flexibility index (Phi) is 8.34. The van der Waals surface area contributed by atoms with Gasteiger partial charge in [-0.25, -0.2) is 0 Å². The molecule has 0 fully saturated rings. The smallest absolute Gasteiger partial charge is 0.236 e. The van der Waals surface area contributed by atoms with Crippen molar-refractivity contribution in [1.82, 2.24) is 10.6 Å². The van der Waals surface area contributed by atoms with Crippen LogP contribution < -0.4 is 16.4 Å². The second-order valence-corrected chi connectivity index (χ2v) is 5.58. The molecule has 112 valence electrons. The van der Waals surface area contributed by atoms with Crippen molar-refractivity contribution in [3.63, 3.8) is 0 Å². The number of carbonyl (C=O) groups excluding carboxylic acids is 2. The lowest BCUT2D eigenvalue weighted by atomic mass is 10.1. The summed E-state index contributed by atoms with van der Waals surface area (Å²) in [6, 6.07) is -0.541. The van der Waals surface area contributed by atoms with E-state index in [1.807, 2.05) is 20.8 Å². The number of nitrogens with one attached hydrogen (secondary N) is 2. The van der Waals surface area contributed by atoms with Gasteiger partial charge < -0.3 is 21.1 Å². The van der Waals surface area contributed by atoms with Crippen molar-refractivity contribution < 1.29 is 14.3 Å². The molecule has 0 bridgehead atoms. The molecule has 6 heteroatoms. The molecular weight excluding hydrogens is 246 g/mol. The van der Waals surface area contributed by atoms with Crippen LogP contribution in [0.2, 0.25) is 0 Å². The lowest BCUT2D eigenvalue weighted by Crippen LogP contribution is -2.44. The Morgan fingerprint density at radius 2 is 1.95 bits per heavy atom. The molecule has 4 N–H and O–H groups in total. The fourth-order valence-corrected chi connectivity index (χ4v) is 1.49. The van der Waals surface area contributed by atoms with Crippen molar-refractivity contribution in [2.24, 2.45) is 5.73 Å². The third kappa shape index (κ3) is 10.5. The Bertz CT molecular complexity index is 287. The van der Waals surface area contributed by atoms with E-state index in [2.05, 4.69) is 10.6 Å². The molecule has 0 aliphatic heterocycles. The van der Waals surface area contributed by atoms with Crippen LogP contribution in [-0.2, 0) is 14.3 Å². The van der Waals surface area contributed by atoms with Gasteiger partial charge in [-0.3, -0.25) is 9.59 Å². The van der Waals surface area contributed by atoms with E-state index < -0.39 is 6.04 Å². The Balaban J connectivity index is 3.76. The average Bonchev–Trinajstić information content (AvgIpc) is 2.26. The zero-order valence-electron chi connectivity index (χ0n) is 12.4. The van der Waals surface area contributed by atoms with Crippen molar-refractivity contribution >= 4 is 11.8 Å². The van der Waals surface area contributed by atoms with E-state index in [-0.39, 0.29) is 23.8 Å². The molecule has 0 heterocycles. The van der Waals surface area contributed by atoms with Crippen molar-refractivity contribution in [2.75, 3.05) is 20.3 Å². The van der Waals surface area contributed by atoms with Crippen LogP contribution in [-0.4, -0.2) is 43.7 Å². The standard InChI is InChI=1S/C13H27N3O3/c1-13(2,3)16-11(17)7-8-15-12(18)10(14)6-5-9-19-4/h10H,5-9,14H2,1-4H3,(H,15,18)(H,16,17). The third-order valence-corrected chi connectivity index (χ3v) is 2.37. The van der Waals surface area contributed by atoms with Crippen LogP contribution in [0.1, 0.15) is 40.0 Å². The van der Waals surface area contributed by atoms with Gasteiger partial charge in [0.2, 0.25) is 11.8 Å². The molecule has 0 aromatic carbocycles. The summed E-state index contributed by atoms with van der Waals surface area (Å²) >= 11 is 0. The minimum Gasteiger partial charge on any atom is -0.385 e. The lowest BCUT2D eigenvalue weighted by molar-refractivity contribution is -0.123. The number of carbonyl (C=O) groups is 2. The maximum absolute atomic E-state index is 11.6. The normalized spacial score (nSPS) is 12.9. The Morgan fingerprint density at radius 3 is 2.47 bits per heavy atom. The van der Waals surface area contributed by atoms with Gasteiger partial charge >= 0.3 is 0 Å². The highest BCUT2D eigenvalue weighted by Gasteiger charge is 2.15. The quantitative estimate of drug-likeness (QED) is 0.549. The van der Waals surface area contributed by atoms with Gasteiger partial charge in [-0.05, 0) is 33.6 Å².